The number of hydrogen-bond donors (Lipinski definition) is 3. The highest BCUT2D eigenvalue weighted by molar-refractivity contribution is 5.85. The topological polar surface area (TPSA) is 90.3 Å². The van der Waals surface area contributed by atoms with Crippen LogP contribution in [-0.4, -0.2) is 16.8 Å². The zero-order valence-electron chi connectivity index (χ0n) is 7.34. The maximum atomic E-state index is 9.48. The summed E-state index contributed by atoms with van der Waals surface area (Å²) in [5.74, 6) is -0.147. The van der Waals surface area contributed by atoms with Crippen molar-refractivity contribution in [2.45, 2.75) is 6.04 Å². The Labute approximate surface area is 88.0 Å². The van der Waals surface area contributed by atoms with Crippen LogP contribution in [0.4, 0.5) is 0 Å². The van der Waals surface area contributed by atoms with Crippen LogP contribution in [0.5, 0.6) is 5.75 Å². The molecule has 0 amide bonds. The van der Waals surface area contributed by atoms with Gasteiger partial charge in [-0.1, -0.05) is 12.1 Å². The maximum Gasteiger partial charge on any atom is 0.138 e. The van der Waals surface area contributed by atoms with Crippen molar-refractivity contribution in [3.05, 3.63) is 29.3 Å². The molecule has 0 saturated carbocycles. The Kier molecular flexibility index (Phi) is 4.95. The van der Waals surface area contributed by atoms with Gasteiger partial charge < -0.3 is 15.9 Å². The van der Waals surface area contributed by atoms with E-state index in [1.807, 2.05) is 6.07 Å². The van der Waals surface area contributed by atoms with Crippen molar-refractivity contribution in [3.63, 3.8) is 0 Å². The van der Waals surface area contributed by atoms with E-state index in [4.69, 9.17) is 16.1 Å². The third-order valence-corrected chi connectivity index (χ3v) is 1.78. The lowest BCUT2D eigenvalue weighted by atomic mass is 10.0. The average Bonchev–Trinajstić information content (AvgIpc) is 2.17. The molecule has 0 spiro atoms. The fourth-order valence-corrected chi connectivity index (χ4v) is 1.05. The van der Waals surface area contributed by atoms with E-state index in [0.29, 0.717) is 5.56 Å². The summed E-state index contributed by atoms with van der Waals surface area (Å²) >= 11 is 0. The lowest BCUT2D eigenvalue weighted by molar-refractivity contribution is 0.265. The number of nitrogens with two attached hydrogens (primary N) is 1. The minimum Gasteiger partial charge on any atom is -0.506 e. The lowest BCUT2D eigenvalue weighted by Gasteiger charge is -2.10. The second-order valence-corrected chi connectivity index (χ2v) is 2.64. The van der Waals surface area contributed by atoms with E-state index < -0.39 is 6.04 Å². The molecule has 0 aliphatic carbocycles. The van der Waals surface area contributed by atoms with E-state index in [1.165, 1.54) is 6.07 Å². The molecule has 1 aromatic carbocycles. The summed E-state index contributed by atoms with van der Waals surface area (Å²) in [6.45, 7) is -0.261. The Morgan fingerprint density at radius 2 is 2.14 bits per heavy atom. The molecule has 4 N–H and O–H groups in total. The molecule has 5 heteroatoms. The van der Waals surface area contributed by atoms with Crippen LogP contribution >= 0.6 is 12.4 Å². The fraction of sp³-hybridized carbons (Fsp3) is 0.222. The van der Waals surface area contributed by atoms with Gasteiger partial charge in [0.2, 0.25) is 0 Å². The van der Waals surface area contributed by atoms with Crippen molar-refractivity contribution in [1.82, 2.24) is 0 Å². The van der Waals surface area contributed by atoms with E-state index in [-0.39, 0.29) is 30.3 Å². The van der Waals surface area contributed by atoms with Gasteiger partial charge in [-0.25, -0.2) is 0 Å². The maximum absolute atomic E-state index is 9.48. The van der Waals surface area contributed by atoms with Crippen molar-refractivity contribution in [3.8, 4) is 11.8 Å². The van der Waals surface area contributed by atoms with Crippen LogP contribution in [0.25, 0.3) is 0 Å². The zero-order chi connectivity index (χ0) is 9.84. The predicted octanol–water partition coefficient (Wildman–Crippen LogP) is 0.678. The van der Waals surface area contributed by atoms with E-state index >= 15 is 0 Å². The first-order valence-corrected chi connectivity index (χ1v) is 3.79. The van der Waals surface area contributed by atoms with E-state index in [0.717, 1.165) is 0 Å². The standard InChI is InChI=1S/C9H10N2O2.ClH/c10-4-6-2-1-3-7(9(6)13)8(11)5-12;/h1-3,8,12-13H,5,11H2;1H/t8-;/m1./s1. The van der Waals surface area contributed by atoms with Crippen LogP contribution in [0.1, 0.15) is 17.2 Å². The first-order chi connectivity index (χ1) is 6.20. The highest BCUT2D eigenvalue weighted by Crippen LogP contribution is 2.25. The highest BCUT2D eigenvalue weighted by atomic mass is 35.5. The Morgan fingerprint density at radius 3 is 2.64 bits per heavy atom. The molecule has 76 valence electrons. The highest BCUT2D eigenvalue weighted by Gasteiger charge is 2.12. The molecule has 0 radical (unpaired) electrons. The number of hydrogen-bond acceptors (Lipinski definition) is 4. The number of phenols is 1. The Bertz CT molecular complexity index is 349. The van der Waals surface area contributed by atoms with E-state index in [9.17, 15) is 5.11 Å². The number of aromatic hydroxyl groups is 1. The molecule has 0 saturated heterocycles. The smallest absolute Gasteiger partial charge is 0.138 e. The Morgan fingerprint density at radius 1 is 1.50 bits per heavy atom. The second-order valence-electron chi connectivity index (χ2n) is 2.64. The number of benzene rings is 1. The summed E-state index contributed by atoms with van der Waals surface area (Å²) in [6, 6.07) is 5.87. The van der Waals surface area contributed by atoms with Crippen molar-refractivity contribution in [2.75, 3.05) is 6.61 Å². The van der Waals surface area contributed by atoms with Crippen molar-refractivity contribution >= 4 is 12.4 Å². The molecule has 0 heterocycles. The summed E-state index contributed by atoms with van der Waals surface area (Å²) < 4.78 is 0. The molecule has 14 heavy (non-hydrogen) atoms. The summed E-state index contributed by atoms with van der Waals surface area (Å²) in [7, 11) is 0. The third-order valence-electron chi connectivity index (χ3n) is 1.78. The molecule has 1 atom stereocenters. The largest absolute Gasteiger partial charge is 0.506 e. The van der Waals surface area contributed by atoms with Crippen LogP contribution in [0, 0.1) is 11.3 Å². The van der Waals surface area contributed by atoms with Gasteiger partial charge in [0, 0.05) is 5.56 Å². The summed E-state index contributed by atoms with van der Waals surface area (Å²) in [4.78, 5) is 0. The minimum atomic E-state index is -0.645. The van der Waals surface area contributed by atoms with Crippen LogP contribution in [0.2, 0.25) is 0 Å². The van der Waals surface area contributed by atoms with E-state index in [1.54, 1.807) is 12.1 Å². The average molecular weight is 215 g/mol. The van der Waals surface area contributed by atoms with Gasteiger partial charge in [-0.15, -0.1) is 12.4 Å². The molecule has 0 bridgehead atoms. The van der Waals surface area contributed by atoms with Gasteiger partial charge in [0.05, 0.1) is 18.2 Å². The number of nitriles is 1. The summed E-state index contributed by atoms with van der Waals surface area (Å²) in [5.41, 5.74) is 6.06. The van der Waals surface area contributed by atoms with E-state index in [2.05, 4.69) is 0 Å². The molecule has 0 aliphatic heterocycles. The number of aliphatic hydroxyl groups is 1. The number of rotatable bonds is 2. The molecular weight excluding hydrogens is 204 g/mol. The number of aliphatic hydroxyl groups excluding tert-OH is 1. The van der Waals surface area contributed by atoms with Crippen molar-refractivity contribution in [1.29, 1.82) is 5.26 Å². The van der Waals surface area contributed by atoms with Crippen LogP contribution in [0.15, 0.2) is 18.2 Å². The minimum absolute atomic E-state index is 0. The second kappa shape index (κ2) is 5.45. The van der Waals surface area contributed by atoms with Gasteiger partial charge in [-0.2, -0.15) is 5.26 Å². The third kappa shape index (κ3) is 2.36. The number of para-hydroxylation sites is 1. The SMILES string of the molecule is Cl.N#Cc1cccc([C@H](N)CO)c1O. The summed E-state index contributed by atoms with van der Waals surface area (Å²) in [6.07, 6.45) is 0. The quantitative estimate of drug-likeness (QED) is 0.675. The molecule has 0 fully saturated rings. The van der Waals surface area contributed by atoms with Gasteiger partial charge in [0.15, 0.2) is 0 Å². The molecule has 0 aromatic heterocycles. The molecule has 1 aromatic rings. The first-order valence-electron chi connectivity index (χ1n) is 3.79. The fourth-order valence-electron chi connectivity index (χ4n) is 1.05. The predicted molar refractivity (Wildman–Crippen MR) is 54.1 cm³/mol. The van der Waals surface area contributed by atoms with Gasteiger partial charge in [-0.05, 0) is 6.07 Å². The van der Waals surface area contributed by atoms with Crippen LogP contribution in [-0.2, 0) is 0 Å². The molecule has 4 nitrogen and oxygen atoms in total. The number of nitrogens with zero attached hydrogens (tertiary/aromatic N) is 1. The first kappa shape index (κ1) is 12.7. The van der Waals surface area contributed by atoms with Gasteiger partial charge in [-0.3, -0.25) is 0 Å². The lowest BCUT2D eigenvalue weighted by Crippen LogP contribution is -2.14. The molecule has 1 rings (SSSR count). The van der Waals surface area contributed by atoms with Crippen molar-refractivity contribution < 1.29 is 10.2 Å². The Hall–Kier alpha value is -1.28. The summed E-state index contributed by atoms with van der Waals surface area (Å²) in [5, 5.41) is 26.8. The van der Waals surface area contributed by atoms with Crippen molar-refractivity contribution in [2.24, 2.45) is 5.73 Å². The zero-order valence-corrected chi connectivity index (χ0v) is 8.16. The normalized spacial score (nSPS) is 11.2. The number of phenolic OH excluding ortho intramolecular Hbond substituents is 1. The monoisotopic (exact) mass is 214 g/mol. The molecular formula is C9H11ClN2O2. The van der Waals surface area contributed by atoms with Gasteiger partial charge in [0.25, 0.3) is 0 Å². The van der Waals surface area contributed by atoms with Crippen LogP contribution in [0.3, 0.4) is 0 Å². The van der Waals surface area contributed by atoms with Gasteiger partial charge in [0.1, 0.15) is 11.8 Å². The number of halogens is 1. The van der Waals surface area contributed by atoms with Crippen LogP contribution < -0.4 is 5.73 Å². The molecule has 0 unspecified atom stereocenters. The molecule has 0 aliphatic rings. The Balaban J connectivity index is 0.00000169. The van der Waals surface area contributed by atoms with Gasteiger partial charge >= 0.3 is 0 Å².